The summed E-state index contributed by atoms with van der Waals surface area (Å²) < 4.78 is 12.3. The van der Waals surface area contributed by atoms with Crippen LogP contribution in [0.3, 0.4) is 0 Å². The molecule has 0 saturated carbocycles. The molecule has 0 aliphatic carbocycles. The first-order chi connectivity index (χ1) is 10.1. The predicted molar refractivity (Wildman–Crippen MR) is 89.1 cm³/mol. The van der Waals surface area contributed by atoms with Crippen LogP contribution in [-0.4, -0.2) is 13.2 Å². The van der Waals surface area contributed by atoms with Crippen molar-refractivity contribution >= 4 is 39.3 Å². The number of hydrogen-bond acceptors (Lipinski definition) is 3. The summed E-state index contributed by atoms with van der Waals surface area (Å²) in [5, 5.41) is 0.766. The summed E-state index contributed by atoms with van der Waals surface area (Å²) in [6.07, 6.45) is -0.298. The molecule has 2 aromatic carbocycles. The van der Waals surface area contributed by atoms with Gasteiger partial charge in [-0.05, 0) is 36.8 Å². The van der Waals surface area contributed by atoms with Crippen LogP contribution in [0.2, 0.25) is 5.02 Å². The van der Waals surface area contributed by atoms with Gasteiger partial charge in [-0.1, -0.05) is 51.4 Å². The smallest absolute Gasteiger partial charge is 0.185 e. The molecule has 1 saturated heterocycles. The van der Waals surface area contributed by atoms with E-state index in [9.17, 15) is 0 Å². The van der Waals surface area contributed by atoms with Crippen molar-refractivity contribution in [3.63, 3.8) is 0 Å². The first kappa shape index (κ1) is 15.4. The first-order valence-corrected chi connectivity index (χ1v) is 8.59. The zero-order valence-corrected chi connectivity index (χ0v) is 14.6. The summed E-state index contributed by atoms with van der Waals surface area (Å²) in [7, 11) is 0. The van der Waals surface area contributed by atoms with Crippen molar-refractivity contribution in [1.82, 2.24) is 0 Å². The van der Waals surface area contributed by atoms with Crippen LogP contribution in [0.15, 0.2) is 50.7 Å². The highest BCUT2D eigenvalue weighted by Gasteiger charge is 2.22. The first-order valence-electron chi connectivity index (χ1n) is 6.61. The van der Waals surface area contributed by atoms with E-state index in [-0.39, 0.29) is 6.29 Å². The lowest BCUT2D eigenvalue weighted by molar-refractivity contribution is -0.0460. The Hall–Kier alpha value is -0.520. The zero-order chi connectivity index (χ0) is 14.8. The number of benzene rings is 2. The highest BCUT2D eigenvalue weighted by Crippen LogP contribution is 2.41. The molecule has 0 amide bonds. The Morgan fingerprint density at radius 3 is 2.67 bits per heavy atom. The Kier molecular flexibility index (Phi) is 4.92. The minimum Gasteiger partial charge on any atom is -0.346 e. The van der Waals surface area contributed by atoms with Crippen LogP contribution < -0.4 is 0 Å². The Balaban J connectivity index is 1.98. The van der Waals surface area contributed by atoms with Gasteiger partial charge in [-0.15, -0.1) is 0 Å². The highest BCUT2D eigenvalue weighted by atomic mass is 79.9. The Morgan fingerprint density at radius 1 is 1.19 bits per heavy atom. The second kappa shape index (κ2) is 6.71. The molecule has 1 fully saturated rings. The van der Waals surface area contributed by atoms with Crippen LogP contribution in [-0.2, 0) is 9.47 Å². The van der Waals surface area contributed by atoms with Gasteiger partial charge in [-0.25, -0.2) is 0 Å². The van der Waals surface area contributed by atoms with Gasteiger partial charge in [0, 0.05) is 19.8 Å². The van der Waals surface area contributed by atoms with Crippen LogP contribution in [0, 0.1) is 6.92 Å². The van der Waals surface area contributed by atoms with Gasteiger partial charge >= 0.3 is 0 Å². The monoisotopic (exact) mass is 384 g/mol. The van der Waals surface area contributed by atoms with E-state index in [4.69, 9.17) is 21.1 Å². The number of rotatable bonds is 3. The van der Waals surface area contributed by atoms with Crippen molar-refractivity contribution < 1.29 is 9.47 Å². The van der Waals surface area contributed by atoms with Crippen LogP contribution in [0.5, 0.6) is 0 Å². The highest BCUT2D eigenvalue weighted by molar-refractivity contribution is 9.10. The Labute approximate surface area is 141 Å². The maximum Gasteiger partial charge on any atom is 0.185 e. The summed E-state index contributed by atoms with van der Waals surface area (Å²) in [6.45, 7) is 3.33. The Morgan fingerprint density at radius 2 is 1.95 bits per heavy atom. The third kappa shape index (κ3) is 3.46. The minimum absolute atomic E-state index is 0.298. The van der Waals surface area contributed by atoms with Gasteiger partial charge in [0.2, 0.25) is 0 Å². The van der Waals surface area contributed by atoms with Crippen LogP contribution >= 0.6 is 39.3 Å². The summed E-state index contributed by atoms with van der Waals surface area (Å²) in [4.78, 5) is 2.17. The molecule has 2 aromatic rings. The third-order valence-corrected chi connectivity index (χ3v) is 5.48. The largest absolute Gasteiger partial charge is 0.346 e. The fraction of sp³-hybridized carbons (Fsp3) is 0.250. The van der Waals surface area contributed by atoms with Crippen molar-refractivity contribution in [2.75, 3.05) is 13.2 Å². The molecular weight excluding hydrogens is 372 g/mol. The fourth-order valence-electron chi connectivity index (χ4n) is 2.19. The van der Waals surface area contributed by atoms with Gasteiger partial charge in [0.15, 0.2) is 6.29 Å². The summed E-state index contributed by atoms with van der Waals surface area (Å²) >= 11 is 11.5. The fourth-order valence-corrected chi connectivity index (χ4v) is 3.93. The molecule has 3 rings (SSSR count). The number of ether oxygens (including phenoxy) is 2. The second-order valence-corrected chi connectivity index (χ2v) is 7.12. The molecule has 110 valence electrons. The molecule has 0 spiro atoms. The van der Waals surface area contributed by atoms with E-state index in [0.29, 0.717) is 13.2 Å². The summed E-state index contributed by atoms with van der Waals surface area (Å²) in [5.74, 6) is 0. The van der Waals surface area contributed by atoms with Gasteiger partial charge in [0.1, 0.15) is 0 Å². The Bertz CT molecular complexity index is 636. The van der Waals surface area contributed by atoms with E-state index in [1.165, 1.54) is 0 Å². The molecule has 0 aromatic heterocycles. The summed E-state index contributed by atoms with van der Waals surface area (Å²) in [6, 6.07) is 12.1. The topological polar surface area (TPSA) is 18.5 Å². The second-order valence-electron chi connectivity index (χ2n) is 4.74. The van der Waals surface area contributed by atoms with Crippen molar-refractivity contribution in [2.45, 2.75) is 23.0 Å². The molecule has 2 nitrogen and oxygen atoms in total. The van der Waals surface area contributed by atoms with Crippen LogP contribution in [0.1, 0.15) is 17.4 Å². The van der Waals surface area contributed by atoms with E-state index in [1.54, 1.807) is 11.8 Å². The van der Waals surface area contributed by atoms with Crippen molar-refractivity contribution in [1.29, 1.82) is 0 Å². The van der Waals surface area contributed by atoms with Crippen molar-refractivity contribution in [3.05, 3.63) is 57.0 Å². The van der Waals surface area contributed by atoms with Crippen LogP contribution in [0.4, 0.5) is 0 Å². The normalized spacial score (nSPS) is 15.6. The van der Waals surface area contributed by atoms with Gasteiger partial charge in [0.25, 0.3) is 0 Å². The van der Waals surface area contributed by atoms with E-state index in [0.717, 1.165) is 30.4 Å². The lowest BCUT2D eigenvalue weighted by Crippen LogP contribution is -2.00. The quantitative estimate of drug-likeness (QED) is 0.684. The number of hydrogen-bond donors (Lipinski definition) is 0. The van der Waals surface area contributed by atoms with Gasteiger partial charge in [-0.3, -0.25) is 0 Å². The van der Waals surface area contributed by atoms with Gasteiger partial charge in [0.05, 0.1) is 18.2 Å². The van der Waals surface area contributed by atoms with E-state index < -0.39 is 0 Å². The standard InChI is InChI=1S/C16H14BrClO2S/c1-10-3-2-4-13(18)15(10)21-14-6-5-11(17)9-12(14)16-19-7-8-20-16/h2-6,9,16H,7-8H2,1H3. The molecule has 0 unspecified atom stereocenters. The number of halogens is 2. The van der Waals surface area contributed by atoms with E-state index in [1.807, 2.05) is 24.3 Å². The molecule has 0 bridgehead atoms. The molecule has 1 aliphatic rings. The van der Waals surface area contributed by atoms with E-state index in [2.05, 4.69) is 35.0 Å². The van der Waals surface area contributed by atoms with Crippen molar-refractivity contribution in [3.8, 4) is 0 Å². The molecule has 5 heteroatoms. The number of aryl methyl sites for hydroxylation is 1. The molecular formula is C16H14BrClO2S. The van der Waals surface area contributed by atoms with E-state index >= 15 is 0 Å². The molecule has 0 atom stereocenters. The lowest BCUT2D eigenvalue weighted by atomic mass is 10.2. The third-order valence-electron chi connectivity index (χ3n) is 3.22. The summed E-state index contributed by atoms with van der Waals surface area (Å²) in [5.41, 5.74) is 2.20. The average Bonchev–Trinajstić information content (AvgIpc) is 2.98. The minimum atomic E-state index is -0.298. The zero-order valence-electron chi connectivity index (χ0n) is 11.4. The molecule has 1 heterocycles. The van der Waals surface area contributed by atoms with Gasteiger partial charge < -0.3 is 9.47 Å². The predicted octanol–water partition coefficient (Wildman–Crippen LogP) is 5.61. The molecule has 0 N–H and O–H groups in total. The molecule has 21 heavy (non-hydrogen) atoms. The SMILES string of the molecule is Cc1cccc(Cl)c1Sc1ccc(Br)cc1C1OCCO1. The average molecular weight is 386 g/mol. The van der Waals surface area contributed by atoms with Crippen molar-refractivity contribution in [2.24, 2.45) is 0 Å². The maximum absolute atomic E-state index is 6.33. The maximum atomic E-state index is 6.33. The molecule has 0 radical (unpaired) electrons. The molecule has 1 aliphatic heterocycles. The lowest BCUT2D eigenvalue weighted by Gasteiger charge is -2.16. The van der Waals surface area contributed by atoms with Crippen LogP contribution in [0.25, 0.3) is 0 Å². The van der Waals surface area contributed by atoms with Gasteiger partial charge in [-0.2, -0.15) is 0 Å².